The third-order valence-electron chi connectivity index (χ3n) is 6.52. The molecule has 0 saturated heterocycles. The number of para-hydroxylation sites is 1. The lowest BCUT2D eigenvalue weighted by Crippen LogP contribution is -2.01. The second kappa shape index (κ2) is 16.5. The number of carbonyl (C=O) groups excluding carboxylic acids is 3. The summed E-state index contributed by atoms with van der Waals surface area (Å²) in [6.07, 6.45) is 0. The normalized spacial score (nSPS) is 9.64. The summed E-state index contributed by atoms with van der Waals surface area (Å²) in [7, 11) is 0. The Morgan fingerprint density at radius 1 is 0.578 bits per heavy atom. The fourth-order valence-electron chi connectivity index (χ4n) is 4.31. The molecule has 5 aromatic carbocycles. The number of phenols is 2. The Labute approximate surface area is 263 Å². The Morgan fingerprint density at radius 2 is 1.04 bits per heavy atom. The molecule has 2 N–H and O–H groups in total. The molecule has 0 aliphatic heterocycles. The zero-order valence-corrected chi connectivity index (χ0v) is 25.3. The number of aromatic hydroxyl groups is 2. The second-order valence-corrected chi connectivity index (χ2v) is 9.91. The van der Waals surface area contributed by atoms with Gasteiger partial charge in [0, 0.05) is 5.56 Å². The molecule has 0 amide bonds. The van der Waals surface area contributed by atoms with Gasteiger partial charge in [0.1, 0.15) is 11.5 Å². The molecular weight excluding hydrogens is 562 g/mol. The first-order valence-corrected chi connectivity index (χ1v) is 14.1. The third-order valence-corrected chi connectivity index (χ3v) is 6.52. The summed E-state index contributed by atoms with van der Waals surface area (Å²) in [4.78, 5) is 37.8. The Morgan fingerprint density at radius 3 is 1.44 bits per heavy atom. The molecule has 0 bridgehead atoms. The van der Waals surface area contributed by atoms with Gasteiger partial charge in [0.2, 0.25) is 5.70 Å². The number of allylic oxidation sites excluding steroid dienone is 1. The van der Waals surface area contributed by atoms with Crippen molar-refractivity contribution in [1.29, 1.82) is 0 Å². The van der Waals surface area contributed by atoms with E-state index >= 15 is 0 Å². The molecule has 0 aliphatic carbocycles. The largest absolute Gasteiger partial charge is 0.507 e. The molecule has 0 saturated carbocycles. The molecule has 0 atom stereocenters. The van der Waals surface area contributed by atoms with E-state index in [0.717, 1.165) is 16.7 Å². The quantitative estimate of drug-likeness (QED) is 0.117. The number of Topliss-reactive ketones (excluding diaryl/α,β-unsaturated/α-hetero) is 2. The molecule has 0 unspecified atom stereocenters. The molecule has 0 radical (unpaired) electrons. The predicted octanol–water partition coefficient (Wildman–Crippen LogP) is 8.48. The van der Waals surface area contributed by atoms with Gasteiger partial charge in [-0.25, -0.2) is 4.85 Å². The van der Waals surface area contributed by atoms with Crippen LogP contribution in [0.2, 0.25) is 0 Å². The smallest absolute Gasteiger partial charge is 0.237 e. The maximum atomic E-state index is 12.0. The lowest BCUT2D eigenvalue weighted by Gasteiger charge is -2.10. The lowest BCUT2D eigenvalue weighted by molar-refractivity contribution is -0.113. The topological polar surface area (TPSA) is 96.0 Å². The van der Waals surface area contributed by atoms with Crippen molar-refractivity contribution in [2.75, 3.05) is 0 Å². The number of nitrogens with zero attached hydrogens (tertiary/aromatic N) is 1. The van der Waals surface area contributed by atoms with Crippen molar-refractivity contribution in [2.24, 2.45) is 0 Å². The fourth-order valence-corrected chi connectivity index (χ4v) is 4.31. The van der Waals surface area contributed by atoms with Crippen LogP contribution < -0.4 is 0 Å². The summed E-state index contributed by atoms with van der Waals surface area (Å²) in [6.45, 7) is 12.0. The van der Waals surface area contributed by atoms with Crippen molar-refractivity contribution >= 4 is 22.9 Å². The van der Waals surface area contributed by atoms with Gasteiger partial charge in [-0.2, -0.15) is 0 Å². The number of aryl methyl sites for hydroxylation is 1. The summed E-state index contributed by atoms with van der Waals surface area (Å²) in [6, 6.07) is 39.6. The van der Waals surface area contributed by atoms with Crippen LogP contribution in [0, 0.1) is 13.5 Å². The summed E-state index contributed by atoms with van der Waals surface area (Å²) >= 11 is 0. The molecule has 5 aromatic rings. The van der Waals surface area contributed by atoms with Crippen LogP contribution in [0.3, 0.4) is 0 Å². The van der Waals surface area contributed by atoms with Gasteiger partial charge >= 0.3 is 0 Å². The van der Waals surface area contributed by atoms with Crippen LogP contribution in [0.5, 0.6) is 11.5 Å². The molecule has 6 nitrogen and oxygen atoms in total. The van der Waals surface area contributed by atoms with E-state index in [1.165, 1.54) is 19.9 Å². The highest BCUT2D eigenvalue weighted by Gasteiger charge is 2.15. The molecule has 224 valence electrons. The zero-order valence-electron chi connectivity index (χ0n) is 25.3. The lowest BCUT2D eigenvalue weighted by atomic mass is 9.95. The molecule has 0 spiro atoms. The number of hydrogen-bond donors (Lipinski definition) is 2. The highest BCUT2D eigenvalue weighted by Crippen LogP contribution is 2.28. The van der Waals surface area contributed by atoms with Gasteiger partial charge in [0.05, 0.1) is 17.7 Å². The number of carbonyl (C=O) groups is 3. The summed E-state index contributed by atoms with van der Waals surface area (Å²) in [5.41, 5.74) is 4.88. The molecule has 6 heteroatoms. The van der Waals surface area contributed by atoms with Gasteiger partial charge in [0.25, 0.3) is 0 Å². The molecule has 45 heavy (non-hydrogen) atoms. The van der Waals surface area contributed by atoms with Crippen molar-refractivity contribution in [3.8, 4) is 11.5 Å². The first-order valence-electron chi connectivity index (χ1n) is 14.1. The van der Waals surface area contributed by atoms with Crippen molar-refractivity contribution in [3.05, 3.63) is 184 Å². The van der Waals surface area contributed by atoms with Crippen LogP contribution in [-0.2, 0) is 4.79 Å². The number of benzene rings is 5. The van der Waals surface area contributed by atoms with E-state index in [4.69, 9.17) is 11.7 Å². The van der Waals surface area contributed by atoms with E-state index in [1.54, 1.807) is 54.6 Å². The van der Waals surface area contributed by atoms with Crippen LogP contribution in [0.1, 0.15) is 56.8 Å². The van der Waals surface area contributed by atoms with E-state index in [9.17, 15) is 19.5 Å². The molecule has 5 rings (SSSR count). The molecule has 0 aromatic heterocycles. The minimum absolute atomic E-state index is 0.0360. The first-order chi connectivity index (χ1) is 21.6. The van der Waals surface area contributed by atoms with Crippen molar-refractivity contribution in [1.82, 2.24) is 0 Å². The first kappa shape index (κ1) is 33.4. The summed E-state index contributed by atoms with van der Waals surface area (Å²) in [5.74, 6) is -0.391. The highest BCUT2D eigenvalue weighted by atomic mass is 16.3. The molecule has 0 fully saturated rings. The van der Waals surface area contributed by atoms with E-state index in [0.29, 0.717) is 22.3 Å². The van der Waals surface area contributed by atoms with Gasteiger partial charge in [-0.1, -0.05) is 109 Å². The molecule has 0 aliphatic rings. The predicted molar refractivity (Wildman–Crippen MR) is 177 cm³/mol. The summed E-state index contributed by atoms with van der Waals surface area (Å²) < 4.78 is 0. The fraction of sp³-hybridized carbons (Fsp3) is 0.0769. The van der Waals surface area contributed by atoms with Crippen LogP contribution in [0.25, 0.3) is 10.4 Å². The summed E-state index contributed by atoms with van der Waals surface area (Å²) in [5, 5.41) is 18.8. The average molecular weight is 596 g/mol. The number of hydrogen-bond acceptors (Lipinski definition) is 5. The van der Waals surface area contributed by atoms with Crippen molar-refractivity contribution in [3.63, 3.8) is 0 Å². The van der Waals surface area contributed by atoms with Gasteiger partial charge < -0.3 is 15.0 Å². The maximum Gasteiger partial charge on any atom is 0.237 e. The van der Waals surface area contributed by atoms with E-state index in [2.05, 4.69) is 4.85 Å². The Hall–Kier alpha value is -6.06. The monoisotopic (exact) mass is 595 g/mol. The van der Waals surface area contributed by atoms with Crippen LogP contribution in [-0.4, -0.2) is 27.6 Å². The Balaban J connectivity index is 0.000000193. The van der Waals surface area contributed by atoms with Crippen LogP contribution in [0.15, 0.2) is 139 Å². The van der Waals surface area contributed by atoms with Crippen LogP contribution >= 0.6 is 0 Å². The standard InChI is InChI=1S/C17H13NO.C14H12O2.C8H8O2/c1-13(19)17(18-2)16(14-9-5-3-6-10-14)15-11-7-4-8-12-15;1-10-7-8-12(13(15)9-10)14(16)11-5-3-2-4-6-11;1-6(9)7-4-2-3-5-8(7)10/h3-12H,1H3;2-9,15H,1H3;2-5,10H,1H3. The number of phenolic OH excluding ortho intramolecular Hbond substituents is 2. The van der Waals surface area contributed by atoms with Crippen LogP contribution in [0.4, 0.5) is 0 Å². The zero-order chi connectivity index (χ0) is 32.8. The minimum atomic E-state index is -0.210. The van der Waals surface area contributed by atoms with E-state index < -0.39 is 0 Å². The van der Waals surface area contributed by atoms with Gasteiger partial charge in [-0.15, -0.1) is 0 Å². The van der Waals surface area contributed by atoms with Gasteiger partial charge in [0.15, 0.2) is 17.3 Å². The van der Waals surface area contributed by atoms with Gasteiger partial charge in [-0.3, -0.25) is 9.59 Å². The SMILES string of the molecule is CC(=O)c1ccccc1O.Cc1ccc(C(=O)c2ccccc2)c(O)c1.[C-]#[N+]C(C(C)=O)=C(c1ccccc1)c1ccccc1. The maximum absolute atomic E-state index is 12.0. The molecular formula is C39H33NO5. The third kappa shape index (κ3) is 9.47. The van der Waals surface area contributed by atoms with Crippen molar-refractivity contribution < 1.29 is 24.6 Å². The Kier molecular flexibility index (Phi) is 12.3. The van der Waals surface area contributed by atoms with Gasteiger partial charge in [-0.05, 0) is 67.3 Å². The highest BCUT2D eigenvalue weighted by molar-refractivity contribution is 6.10. The number of rotatable bonds is 6. The Bertz CT molecular complexity index is 1800. The average Bonchev–Trinajstić information content (AvgIpc) is 3.05. The van der Waals surface area contributed by atoms with E-state index in [1.807, 2.05) is 79.7 Å². The minimum Gasteiger partial charge on any atom is -0.507 e. The van der Waals surface area contributed by atoms with Crippen molar-refractivity contribution in [2.45, 2.75) is 20.8 Å². The number of ketones is 3. The van der Waals surface area contributed by atoms with E-state index in [-0.39, 0.29) is 34.5 Å². The second-order valence-electron chi connectivity index (χ2n) is 9.91. The molecule has 0 heterocycles.